The van der Waals surface area contributed by atoms with Gasteiger partial charge in [-0.25, -0.2) is 0 Å². The molecule has 0 N–H and O–H groups in total. The summed E-state index contributed by atoms with van der Waals surface area (Å²) in [5, 5.41) is 13.3. The Kier molecular flexibility index (Phi) is 2.39. The predicted molar refractivity (Wildman–Crippen MR) is 72.9 cm³/mol. The fraction of sp³-hybridized carbons (Fsp3) is 0.688. The van der Waals surface area contributed by atoms with E-state index in [-0.39, 0.29) is 11.2 Å². The highest BCUT2D eigenvalue weighted by atomic mass is 16.1. The molecule has 0 spiro atoms. The molecule has 4 bridgehead atoms. The van der Waals surface area contributed by atoms with Crippen LogP contribution in [0, 0.1) is 34.5 Å². The molecule has 1 aromatic heterocycles. The Morgan fingerprint density at radius 2 is 1.85 bits per heavy atom. The molecular formula is C16H19N3O. The largest absolute Gasteiger partial charge is 0.292 e. The van der Waals surface area contributed by atoms with E-state index < -0.39 is 0 Å². The van der Waals surface area contributed by atoms with Gasteiger partial charge in [-0.3, -0.25) is 9.48 Å². The number of Topliss-reactive ketones (excluding diaryl/α,β-unsaturated/α-hetero) is 1. The summed E-state index contributed by atoms with van der Waals surface area (Å²) in [6.45, 7) is 0. The number of aromatic nitrogens is 2. The first-order valence-corrected chi connectivity index (χ1v) is 7.58. The quantitative estimate of drug-likeness (QED) is 0.776. The Bertz CT molecular complexity index is 587. The standard InChI is InChI=1S/C16H19N3O/c1-19-14(13(8-17)9-18-19)15(20)16-5-10-2-11(6-16)4-12(3-10)7-16/h9-12H,2-7H2,1H3. The zero-order valence-electron chi connectivity index (χ0n) is 11.8. The third kappa shape index (κ3) is 1.52. The Morgan fingerprint density at radius 3 is 2.35 bits per heavy atom. The zero-order valence-corrected chi connectivity index (χ0v) is 11.8. The van der Waals surface area contributed by atoms with Crippen LogP contribution in [0.5, 0.6) is 0 Å². The van der Waals surface area contributed by atoms with Crippen LogP contribution in [0.1, 0.15) is 54.6 Å². The van der Waals surface area contributed by atoms with Crippen molar-refractivity contribution < 1.29 is 4.79 Å². The smallest absolute Gasteiger partial charge is 0.188 e. The first-order valence-electron chi connectivity index (χ1n) is 7.58. The van der Waals surface area contributed by atoms with Crippen molar-refractivity contribution in [1.29, 1.82) is 5.26 Å². The molecule has 0 amide bonds. The number of rotatable bonds is 2. The predicted octanol–water partition coefficient (Wildman–Crippen LogP) is 2.69. The second-order valence-electron chi connectivity index (χ2n) is 7.17. The molecule has 0 unspecified atom stereocenters. The lowest BCUT2D eigenvalue weighted by molar-refractivity contribution is -0.0357. The highest BCUT2D eigenvalue weighted by Crippen LogP contribution is 2.61. The molecule has 0 aromatic carbocycles. The topological polar surface area (TPSA) is 58.7 Å². The van der Waals surface area contributed by atoms with E-state index in [1.54, 1.807) is 11.7 Å². The van der Waals surface area contributed by atoms with Gasteiger partial charge in [-0.2, -0.15) is 10.4 Å². The van der Waals surface area contributed by atoms with E-state index in [2.05, 4.69) is 11.2 Å². The minimum absolute atomic E-state index is 0.186. The van der Waals surface area contributed by atoms with Crippen molar-refractivity contribution in [1.82, 2.24) is 9.78 Å². The number of carbonyl (C=O) groups is 1. The first-order chi connectivity index (χ1) is 9.61. The summed E-state index contributed by atoms with van der Waals surface area (Å²) in [5.74, 6) is 2.41. The number of aryl methyl sites for hydroxylation is 1. The number of ketones is 1. The molecule has 1 aromatic rings. The molecule has 4 nitrogen and oxygen atoms in total. The SMILES string of the molecule is Cn1ncc(C#N)c1C(=O)C12CC3CC(CC(C3)C1)C2. The third-order valence-corrected chi connectivity index (χ3v) is 5.79. The number of nitrogens with zero attached hydrogens (tertiary/aromatic N) is 3. The molecule has 4 heteroatoms. The molecule has 0 aliphatic heterocycles. The summed E-state index contributed by atoms with van der Waals surface area (Å²) in [6, 6.07) is 2.13. The van der Waals surface area contributed by atoms with Crippen LogP contribution in [0.4, 0.5) is 0 Å². The first kappa shape index (κ1) is 12.1. The van der Waals surface area contributed by atoms with Gasteiger partial charge in [0.1, 0.15) is 17.3 Å². The minimum Gasteiger partial charge on any atom is -0.292 e. The van der Waals surface area contributed by atoms with Gasteiger partial charge in [0.15, 0.2) is 5.78 Å². The maximum Gasteiger partial charge on any atom is 0.188 e. The molecule has 0 saturated heterocycles. The summed E-state index contributed by atoms with van der Waals surface area (Å²) >= 11 is 0. The molecule has 20 heavy (non-hydrogen) atoms. The van der Waals surface area contributed by atoms with E-state index in [1.807, 2.05) is 0 Å². The Morgan fingerprint density at radius 1 is 1.30 bits per heavy atom. The molecule has 4 aliphatic rings. The summed E-state index contributed by atoms with van der Waals surface area (Å²) in [7, 11) is 1.77. The highest BCUT2D eigenvalue weighted by molar-refractivity contribution is 6.01. The molecular weight excluding hydrogens is 250 g/mol. The lowest BCUT2D eigenvalue weighted by Crippen LogP contribution is -2.50. The average molecular weight is 269 g/mol. The molecule has 0 atom stereocenters. The maximum atomic E-state index is 13.1. The third-order valence-electron chi connectivity index (χ3n) is 5.79. The van der Waals surface area contributed by atoms with E-state index in [9.17, 15) is 10.1 Å². The van der Waals surface area contributed by atoms with E-state index in [0.29, 0.717) is 11.3 Å². The Balaban J connectivity index is 1.75. The van der Waals surface area contributed by atoms with Gasteiger partial charge in [0, 0.05) is 12.5 Å². The zero-order chi connectivity index (χ0) is 13.9. The van der Waals surface area contributed by atoms with E-state index >= 15 is 0 Å². The van der Waals surface area contributed by atoms with Crippen LogP contribution < -0.4 is 0 Å². The molecule has 1 heterocycles. The van der Waals surface area contributed by atoms with Crippen molar-refractivity contribution in [2.75, 3.05) is 0 Å². The number of carbonyl (C=O) groups excluding carboxylic acids is 1. The van der Waals surface area contributed by atoms with E-state index in [0.717, 1.165) is 37.0 Å². The van der Waals surface area contributed by atoms with Crippen molar-refractivity contribution in [3.05, 3.63) is 17.5 Å². The second kappa shape index (κ2) is 3.94. The van der Waals surface area contributed by atoms with Gasteiger partial charge in [0.25, 0.3) is 0 Å². The number of hydrogen-bond acceptors (Lipinski definition) is 3. The fourth-order valence-corrected chi connectivity index (χ4v) is 5.43. The van der Waals surface area contributed by atoms with Crippen molar-refractivity contribution in [2.24, 2.45) is 30.2 Å². The monoisotopic (exact) mass is 269 g/mol. The Labute approximate surface area is 118 Å². The van der Waals surface area contributed by atoms with Crippen LogP contribution >= 0.6 is 0 Å². The number of nitriles is 1. The molecule has 5 rings (SSSR count). The van der Waals surface area contributed by atoms with Crippen molar-refractivity contribution >= 4 is 5.78 Å². The molecule has 104 valence electrons. The summed E-state index contributed by atoms with van der Waals surface area (Å²) in [5.41, 5.74) is 0.788. The minimum atomic E-state index is -0.186. The van der Waals surface area contributed by atoms with Gasteiger partial charge >= 0.3 is 0 Å². The van der Waals surface area contributed by atoms with Crippen LogP contribution in [-0.4, -0.2) is 15.6 Å². The van der Waals surface area contributed by atoms with Crippen LogP contribution in [0.2, 0.25) is 0 Å². The van der Waals surface area contributed by atoms with Gasteiger partial charge in [0.2, 0.25) is 0 Å². The van der Waals surface area contributed by atoms with Crippen molar-refractivity contribution in [3.8, 4) is 6.07 Å². The molecule has 4 fully saturated rings. The normalized spacial score (nSPS) is 37.9. The maximum absolute atomic E-state index is 13.1. The van der Waals surface area contributed by atoms with Gasteiger partial charge in [-0.05, 0) is 56.3 Å². The van der Waals surface area contributed by atoms with Crippen molar-refractivity contribution in [2.45, 2.75) is 38.5 Å². The van der Waals surface area contributed by atoms with E-state index in [1.165, 1.54) is 25.5 Å². The Hall–Kier alpha value is -1.63. The highest BCUT2D eigenvalue weighted by Gasteiger charge is 2.55. The molecule has 4 saturated carbocycles. The van der Waals surface area contributed by atoms with E-state index in [4.69, 9.17) is 0 Å². The van der Waals surface area contributed by atoms with Crippen LogP contribution in [-0.2, 0) is 7.05 Å². The van der Waals surface area contributed by atoms with Gasteiger partial charge in [-0.1, -0.05) is 0 Å². The van der Waals surface area contributed by atoms with Gasteiger partial charge < -0.3 is 0 Å². The number of hydrogen-bond donors (Lipinski definition) is 0. The molecule has 0 radical (unpaired) electrons. The van der Waals surface area contributed by atoms with Gasteiger partial charge in [-0.15, -0.1) is 0 Å². The summed E-state index contributed by atoms with van der Waals surface area (Å²) in [4.78, 5) is 13.1. The van der Waals surface area contributed by atoms with Gasteiger partial charge in [0.05, 0.1) is 6.20 Å². The van der Waals surface area contributed by atoms with Crippen LogP contribution in [0.3, 0.4) is 0 Å². The lowest BCUT2D eigenvalue weighted by atomic mass is 9.48. The molecule has 4 aliphatic carbocycles. The average Bonchev–Trinajstić information content (AvgIpc) is 2.77. The second-order valence-corrected chi connectivity index (χ2v) is 7.17. The fourth-order valence-electron chi connectivity index (χ4n) is 5.43. The summed E-state index contributed by atoms with van der Waals surface area (Å²) < 4.78 is 1.60. The van der Waals surface area contributed by atoms with Crippen LogP contribution in [0.25, 0.3) is 0 Å². The summed E-state index contributed by atoms with van der Waals surface area (Å²) in [6.07, 6.45) is 8.60. The van der Waals surface area contributed by atoms with Crippen LogP contribution in [0.15, 0.2) is 6.20 Å². The lowest BCUT2D eigenvalue weighted by Gasteiger charge is -2.55. The van der Waals surface area contributed by atoms with Crippen molar-refractivity contribution in [3.63, 3.8) is 0 Å².